The molecule has 0 radical (unpaired) electrons. The second-order valence-corrected chi connectivity index (χ2v) is 9.30. The summed E-state index contributed by atoms with van der Waals surface area (Å²) in [5.74, 6) is 1.94. The van der Waals surface area contributed by atoms with Gasteiger partial charge in [0.1, 0.15) is 11.6 Å². The smallest absolute Gasteiger partial charge is 0.230 e. The van der Waals surface area contributed by atoms with Crippen LogP contribution in [-0.2, 0) is 17.6 Å². The molecule has 0 bridgehead atoms. The summed E-state index contributed by atoms with van der Waals surface area (Å²) in [6.45, 7) is 9.13. The number of aryl methyl sites for hydroxylation is 2. The fourth-order valence-electron chi connectivity index (χ4n) is 4.78. The van der Waals surface area contributed by atoms with Crippen molar-refractivity contribution in [2.24, 2.45) is 0 Å². The molecule has 0 N–H and O–H groups in total. The van der Waals surface area contributed by atoms with Gasteiger partial charge in [0.05, 0.1) is 5.92 Å². The van der Waals surface area contributed by atoms with E-state index < -0.39 is 0 Å². The topological polar surface area (TPSA) is 49.3 Å². The van der Waals surface area contributed by atoms with Crippen LogP contribution >= 0.6 is 11.6 Å². The molecule has 0 saturated carbocycles. The molecule has 0 unspecified atom stereocenters. The highest BCUT2D eigenvalue weighted by Crippen LogP contribution is 2.28. The quantitative estimate of drug-likeness (QED) is 0.456. The predicted molar refractivity (Wildman–Crippen MR) is 139 cm³/mol. The molecule has 1 aliphatic rings. The maximum absolute atomic E-state index is 13.3. The zero-order valence-corrected chi connectivity index (χ0v) is 21.1. The third-order valence-electron chi connectivity index (χ3n) is 6.61. The fraction of sp³-hybridized carbons (Fsp3) is 0.393. The molecule has 2 heterocycles. The normalized spacial score (nSPS) is 14.8. The first-order valence-electron chi connectivity index (χ1n) is 12.2. The lowest BCUT2D eigenvalue weighted by Crippen LogP contribution is -2.50. The van der Waals surface area contributed by atoms with Crippen LogP contribution in [0.1, 0.15) is 54.4 Å². The van der Waals surface area contributed by atoms with Gasteiger partial charge in [0.2, 0.25) is 5.91 Å². The molecule has 3 aromatic rings. The SMILES string of the molecule is CCc1nc(C)nc(N2CCN(C(=O)[C@H](CC)c3ccccc3)CC2)c1Cc1ccc(Cl)cc1. The first-order valence-corrected chi connectivity index (χ1v) is 12.6. The summed E-state index contributed by atoms with van der Waals surface area (Å²) in [6, 6.07) is 18.1. The van der Waals surface area contributed by atoms with Gasteiger partial charge in [-0.15, -0.1) is 0 Å². The number of amides is 1. The van der Waals surface area contributed by atoms with E-state index in [1.54, 1.807) is 0 Å². The van der Waals surface area contributed by atoms with E-state index in [4.69, 9.17) is 21.6 Å². The van der Waals surface area contributed by atoms with Gasteiger partial charge < -0.3 is 9.80 Å². The number of aromatic nitrogens is 2. The highest BCUT2D eigenvalue weighted by Gasteiger charge is 2.29. The molecule has 0 aliphatic carbocycles. The lowest BCUT2D eigenvalue weighted by molar-refractivity contribution is -0.133. The minimum atomic E-state index is -0.0822. The van der Waals surface area contributed by atoms with Crippen LogP contribution in [0.2, 0.25) is 5.02 Å². The van der Waals surface area contributed by atoms with E-state index in [0.717, 1.165) is 60.3 Å². The Morgan fingerprint density at radius 3 is 2.26 bits per heavy atom. The van der Waals surface area contributed by atoms with Crippen LogP contribution in [0, 0.1) is 6.92 Å². The Hall–Kier alpha value is -2.92. The number of nitrogens with zero attached hydrogens (tertiary/aromatic N) is 4. The number of benzene rings is 2. The van der Waals surface area contributed by atoms with Crippen molar-refractivity contribution in [3.8, 4) is 0 Å². The van der Waals surface area contributed by atoms with Crippen LogP contribution in [0.3, 0.4) is 0 Å². The zero-order chi connectivity index (χ0) is 24.1. The molecular weight excluding hydrogens is 444 g/mol. The molecular formula is C28H33ClN4O. The van der Waals surface area contributed by atoms with Crippen molar-refractivity contribution in [1.29, 1.82) is 0 Å². The van der Waals surface area contributed by atoms with Crippen molar-refractivity contribution in [1.82, 2.24) is 14.9 Å². The summed E-state index contributed by atoms with van der Waals surface area (Å²) >= 11 is 6.09. The number of carbonyl (C=O) groups is 1. The molecule has 34 heavy (non-hydrogen) atoms. The molecule has 1 amide bonds. The van der Waals surface area contributed by atoms with Crippen LogP contribution in [0.4, 0.5) is 5.82 Å². The Morgan fingerprint density at radius 1 is 0.971 bits per heavy atom. The van der Waals surface area contributed by atoms with E-state index in [0.29, 0.717) is 13.1 Å². The first-order chi connectivity index (χ1) is 16.5. The van der Waals surface area contributed by atoms with Gasteiger partial charge in [0, 0.05) is 48.9 Å². The summed E-state index contributed by atoms with van der Waals surface area (Å²) in [7, 11) is 0. The minimum Gasteiger partial charge on any atom is -0.353 e. The number of halogens is 1. The van der Waals surface area contributed by atoms with Crippen molar-refractivity contribution < 1.29 is 4.79 Å². The van der Waals surface area contributed by atoms with E-state index >= 15 is 0 Å². The van der Waals surface area contributed by atoms with Crippen molar-refractivity contribution in [3.05, 3.63) is 87.8 Å². The summed E-state index contributed by atoms with van der Waals surface area (Å²) in [5, 5.41) is 0.738. The maximum atomic E-state index is 13.3. The molecule has 1 aromatic heterocycles. The average Bonchev–Trinajstić information content (AvgIpc) is 2.87. The molecule has 1 saturated heterocycles. The van der Waals surface area contributed by atoms with E-state index in [1.807, 2.05) is 42.2 Å². The maximum Gasteiger partial charge on any atom is 0.230 e. The molecule has 4 rings (SSSR count). The lowest BCUT2D eigenvalue weighted by atomic mass is 9.94. The Kier molecular flexibility index (Phi) is 7.84. The van der Waals surface area contributed by atoms with Crippen LogP contribution in [-0.4, -0.2) is 47.0 Å². The second-order valence-electron chi connectivity index (χ2n) is 8.86. The Bertz CT molecular complexity index is 1110. The third-order valence-corrected chi connectivity index (χ3v) is 6.86. The van der Waals surface area contributed by atoms with Gasteiger partial charge in [0.15, 0.2) is 0 Å². The number of piperazine rings is 1. The van der Waals surface area contributed by atoms with Crippen LogP contribution in [0.15, 0.2) is 54.6 Å². The number of anilines is 1. The van der Waals surface area contributed by atoms with Gasteiger partial charge >= 0.3 is 0 Å². The molecule has 1 aliphatic heterocycles. The molecule has 5 nitrogen and oxygen atoms in total. The van der Waals surface area contributed by atoms with Crippen LogP contribution in [0.25, 0.3) is 0 Å². The van der Waals surface area contributed by atoms with Gasteiger partial charge in [-0.05, 0) is 43.0 Å². The average molecular weight is 477 g/mol. The van der Waals surface area contributed by atoms with E-state index in [1.165, 1.54) is 11.1 Å². The Labute approximate surface area is 207 Å². The van der Waals surface area contributed by atoms with Crippen molar-refractivity contribution in [2.45, 2.75) is 46.0 Å². The van der Waals surface area contributed by atoms with Gasteiger partial charge in [-0.3, -0.25) is 4.79 Å². The molecule has 0 spiro atoms. The monoisotopic (exact) mass is 476 g/mol. The molecule has 2 aromatic carbocycles. The van der Waals surface area contributed by atoms with Crippen molar-refractivity contribution in [3.63, 3.8) is 0 Å². The van der Waals surface area contributed by atoms with Gasteiger partial charge in [0.25, 0.3) is 0 Å². The lowest BCUT2D eigenvalue weighted by Gasteiger charge is -2.38. The van der Waals surface area contributed by atoms with Gasteiger partial charge in [-0.1, -0.05) is 67.9 Å². The van der Waals surface area contributed by atoms with Gasteiger partial charge in [-0.2, -0.15) is 0 Å². The van der Waals surface area contributed by atoms with Crippen molar-refractivity contribution >= 4 is 23.3 Å². The highest BCUT2D eigenvalue weighted by atomic mass is 35.5. The van der Waals surface area contributed by atoms with Crippen LogP contribution < -0.4 is 4.90 Å². The number of carbonyl (C=O) groups excluding carboxylic acids is 1. The van der Waals surface area contributed by atoms with E-state index in [-0.39, 0.29) is 11.8 Å². The molecule has 6 heteroatoms. The fourth-order valence-corrected chi connectivity index (χ4v) is 4.90. The molecule has 1 atom stereocenters. The Balaban J connectivity index is 1.53. The third kappa shape index (κ3) is 5.41. The zero-order valence-electron chi connectivity index (χ0n) is 20.3. The minimum absolute atomic E-state index is 0.0822. The van der Waals surface area contributed by atoms with E-state index in [2.05, 4.69) is 43.0 Å². The number of rotatable bonds is 7. The second kappa shape index (κ2) is 11.0. The summed E-state index contributed by atoms with van der Waals surface area (Å²) in [6.07, 6.45) is 2.42. The first kappa shape index (κ1) is 24.2. The molecule has 1 fully saturated rings. The summed E-state index contributed by atoms with van der Waals surface area (Å²) in [4.78, 5) is 27.3. The van der Waals surface area contributed by atoms with E-state index in [9.17, 15) is 4.79 Å². The van der Waals surface area contributed by atoms with Gasteiger partial charge in [-0.25, -0.2) is 9.97 Å². The van der Waals surface area contributed by atoms with Crippen LogP contribution in [0.5, 0.6) is 0 Å². The number of hydrogen-bond donors (Lipinski definition) is 0. The summed E-state index contributed by atoms with van der Waals surface area (Å²) < 4.78 is 0. The summed E-state index contributed by atoms with van der Waals surface area (Å²) in [5.41, 5.74) is 4.55. The number of hydrogen-bond acceptors (Lipinski definition) is 4. The highest BCUT2D eigenvalue weighted by molar-refractivity contribution is 6.30. The standard InChI is InChI=1S/C28H33ClN4O/c1-4-24(22-9-7-6-8-10-22)28(34)33-17-15-32(16-18-33)27-25(26(5-2)30-20(3)31-27)19-21-11-13-23(29)14-12-21/h6-14,24H,4-5,15-19H2,1-3H3/t24-/m1/s1. The van der Waals surface area contributed by atoms with Crippen molar-refractivity contribution in [2.75, 3.05) is 31.1 Å². The molecule has 178 valence electrons. The predicted octanol–water partition coefficient (Wildman–Crippen LogP) is 5.43. The largest absolute Gasteiger partial charge is 0.353 e. The Morgan fingerprint density at radius 2 is 1.65 bits per heavy atom.